The summed E-state index contributed by atoms with van der Waals surface area (Å²) in [4.78, 5) is 31.2. The SMILES string of the molecule is CN1CCN(C(NC(=O)C2CCCCC2)c2ncc3ccc(-c4cncc(F)c4)cc3n2)CC1. The molecule has 1 aliphatic heterocycles. The highest BCUT2D eigenvalue weighted by molar-refractivity contribution is 5.83. The first kappa shape index (κ1) is 22.8. The average Bonchev–Trinajstić information content (AvgIpc) is 2.87. The van der Waals surface area contributed by atoms with Gasteiger partial charge < -0.3 is 10.2 Å². The first-order valence-corrected chi connectivity index (χ1v) is 12.2. The predicted octanol–water partition coefficient (Wildman–Crippen LogP) is 3.77. The summed E-state index contributed by atoms with van der Waals surface area (Å²) in [7, 11) is 2.11. The van der Waals surface area contributed by atoms with Crippen LogP contribution >= 0.6 is 0 Å². The number of fused-ring (bicyclic) bond motifs is 1. The molecule has 0 radical (unpaired) electrons. The van der Waals surface area contributed by atoms with Crippen molar-refractivity contribution in [2.75, 3.05) is 33.2 Å². The van der Waals surface area contributed by atoms with Crippen LogP contribution in [0.15, 0.2) is 42.9 Å². The maximum absolute atomic E-state index is 13.7. The Morgan fingerprint density at radius 3 is 2.59 bits per heavy atom. The van der Waals surface area contributed by atoms with Gasteiger partial charge in [-0.25, -0.2) is 14.4 Å². The number of amides is 1. The molecule has 1 aliphatic carbocycles. The molecule has 2 aromatic heterocycles. The van der Waals surface area contributed by atoms with Crippen LogP contribution in [0.1, 0.15) is 44.1 Å². The summed E-state index contributed by atoms with van der Waals surface area (Å²) < 4.78 is 13.7. The zero-order valence-corrected chi connectivity index (χ0v) is 19.6. The Balaban J connectivity index is 1.46. The van der Waals surface area contributed by atoms with Crippen LogP contribution in [0.4, 0.5) is 4.39 Å². The standard InChI is InChI=1S/C26H31FN6O/c1-32-9-11-33(12-10-32)25(31-26(34)18-5-3-2-4-6-18)24-29-16-20-8-7-19(14-23(20)30-24)21-13-22(27)17-28-15-21/h7-8,13-18,25H,2-6,9-12H2,1H3,(H,31,34). The molecule has 0 spiro atoms. The number of carbonyl (C=O) groups is 1. The van der Waals surface area contributed by atoms with Crippen LogP contribution in [-0.4, -0.2) is 63.9 Å². The highest BCUT2D eigenvalue weighted by atomic mass is 19.1. The lowest BCUT2D eigenvalue weighted by Gasteiger charge is -2.38. The molecular formula is C26H31FN6O. The Labute approximate surface area is 199 Å². The third kappa shape index (κ3) is 5.08. The maximum Gasteiger partial charge on any atom is 0.224 e. The minimum Gasteiger partial charge on any atom is -0.333 e. The number of pyridine rings is 1. The van der Waals surface area contributed by atoms with E-state index >= 15 is 0 Å². The van der Waals surface area contributed by atoms with Crippen LogP contribution in [0.3, 0.4) is 0 Å². The van der Waals surface area contributed by atoms with E-state index in [2.05, 4.69) is 32.1 Å². The first-order chi connectivity index (χ1) is 16.6. The van der Waals surface area contributed by atoms with Gasteiger partial charge in [0.25, 0.3) is 0 Å². The number of aromatic nitrogens is 3. The zero-order chi connectivity index (χ0) is 23.5. The number of hydrogen-bond donors (Lipinski definition) is 1. The second kappa shape index (κ2) is 10.1. The summed E-state index contributed by atoms with van der Waals surface area (Å²) in [5, 5.41) is 4.19. The normalized spacial score (nSPS) is 19.2. The molecule has 1 unspecified atom stereocenters. The van der Waals surface area contributed by atoms with E-state index in [-0.39, 0.29) is 23.8 Å². The molecular weight excluding hydrogens is 431 g/mol. The zero-order valence-electron chi connectivity index (χ0n) is 19.6. The number of nitrogens with one attached hydrogen (secondary N) is 1. The summed E-state index contributed by atoms with van der Waals surface area (Å²) in [5.41, 5.74) is 2.30. The first-order valence-electron chi connectivity index (χ1n) is 12.2. The second-order valence-electron chi connectivity index (χ2n) is 9.48. The lowest BCUT2D eigenvalue weighted by atomic mass is 9.88. The van der Waals surface area contributed by atoms with E-state index in [0.717, 1.165) is 68.3 Å². The summed E-state index contributed by atoms with van der Waals surface area (Å²) >= 11 is 0. The van der Waals surface area contributed by atoms with Crippen LogP contribution in [-0.2, 0) is 4.79 Å². The van der Waals surface area contributed by atoms with Gasteiger partial charge in [0.05, 0.1) is 11.7 Å². The van der Waals surface area contributed by atoms with Crippen molar-refractivity contribution >= 4 is 16.8 Å². The van der Waals surface area contributed by atoms with Crippen LogP contribution in [0.5, 0.6) is 0 Å². The van der Waals surface area contributed by atoms with E-state index < -0.39 is 0 Å². The van der Waals surface area contributed by atoms with Gasteiger partial charge in [-0.3, -0.25) is 14.7 Å². The molecule has 1 aromatic carbocycles. The Hall–Kier alpha value is -2.97. The van der Waals surface area contributed by atoms with Gasteiger partial charge in [-0.15, -0.1) is 0 Å². The van der Waals surface area contributed by atoms with Crippen molar-refractivity contribution in [3.63, 3.8) is 0 Å². The number of likely N-dealkylation sites (N-methyl/N-ethyl adjacent to an activating group) is 1. The fourth-order valence-corrected chi connectivity index (χ4v) is 4.94. The van der Waals surface area contributed by atoms with Crippen LogP contribution in [0, 0.1) is 11.7 Å². The van der Waals surface area contributed by atoms with E-state index in [4.69, 9.17) is 4.98 Å². The molecule has 1 saturated carbocycles. The van der Waals surface area contributed by atoms with E-state index in [0.29, 0.717) is 11.4 Å². The molecule has 2 fully saturated rings. The van der Waals surface area contributed by atoms with E-state index in [1.54, 1.807) is 12.4 Å². The Bertz CT molecular complexity index is 1160. The summed E-state index contributed by atoms with van der Waals surface area (Å²) in [5.74, 6) is 0.389. The summed E-state index contributed by atoms with van der Waals surface area (Å²) in [6.07, 6.45) is 9.61. The minimum absolute atomic E-state index is 0.0660. The van der Waals surface area contributed by atoms with Gasteiger partial charge in [-0.2, -0.15) is 0 Å². The van der Waals surface area contributed by atoms with Crippen LogP contribution in [0.2, 0.25) is 0 Å². The molecule has 2 aliphatic rings. The van der Waals surface area contributed by atoms with Gasteiger partial charge in [-0.1, -0.05) is 31.4 Å². The fraction of sp³-hybridized carbons (Fsp3) is 0.462. The van der Waals surface area contributed by atoms with Gasteiger partial charge in [0.2, 0.25) is 5.91 Å². The van der Waals surface area contributed by atoms with Crippen molar-refractivity contribution in [2.24, 2.45) is 5.92 Å². The minimum atomic E-state index is -0.374. The highest BCUT2D eigenvalue weighted by Gasteiger charge is 2.30. The number of benzene rings is 1. The second-order valence-corrected chi connectivity index (χ2v) is 9.48. The number of hydrogen-bond acceptors (Lipinski definition) is 6. The maximum atomic E-state index is 13.7. The summed E-state index contributed by atoms with van der Waals surface area (Å²) in [6, 6.07) is 7.25. The molecule has 1 atom stereocenters. The molecule has 1 saturated heterocycles. The van der Waals surface area contributed by atoms with E-state index in [1.165, 1.54) is 18.7 Å². The molecule has 3 aromatic rings. The predicted molar refractivity (Wildman–Crippen MR) is 129 cm³/mol. The van der Waals surface area contributed by atoms with Crippen molar-refractivity contribution in [3.05, 3.63) is 54.5 Å². The molecule has 178 valence electrons. The number of piperazine rings is 1. The lowest BCUT2D eigenvalue weighted by molar-refractivity contribution is -0.128. The Morgan fingerprint density at radius 2 is 1.82 bits per heavy atom. The third-order valence-corrected chi connectivity index (χ3v) is 7.04. The van der Waals surface area contributed by atoms with Crippen molar-refractivity contribution in [2.45, 2.75) is 38.3 Å². The topological polar surface area (TPSA) is 74.2 Å². The third-order valence-electron chi connectivity index (χ3n) is 7.04. The van der Waals surface area contributed by atoms with Crippen molar-refractivity contribution in [3.8, 4) is 11.1 Å². The largest absolute Gasteiger partial charge is 0.333 e. The Kier molecular flexibility index (Phi) is 6.78. The highest BCUT2D eigenvalue weighted by Crippen LogP contribution is 2.27. The van der Waals surface area contributed by atoms with E-state index in [1.807, 2.05) is 18.2 Å². The quantitative estimate of drug-likeness (QED) is 0.622. The molecule has 8 heteroatoms. The number of halogens is 1. The van der Waals surface area contributed by atoms with Gasteiger partial charge in [0.1, 0.15) is 12.0 Å². The van der Waals surface area contributed by atoms with Gasteiger partial charge in [0, 0.05) is 55.4 Å². The van der Waals surface area contributed by atoms with Crippen molar-refractivity contribution < 1.29 is 9.18 Å². The Morgan fingerprint density at radius 1 is 1.03 bits per heavy atom. The van der Waals surface area contributed by atoms with Gasteiger partial charge in [-0.05, 0) is 37.6 Å². The number of nitrogens with zero attached hydrogens (tertiary/aromatic N) is 5. The van der Waals surface area contributed by atoms with E-state index in [9.17, 15) is 9.18 Å². The van der Waals surface area contributed by atoms with Crippen LogP contribution in [0.25, 0.3) is 22.0 Å². The van der Waals surface area contributed by atoms with Crippen molar-refractivity contribution in [1.82, 2.24) is 30.1 Å². The molecule has 3 heterocycles. The fourth-order valence-electron chi connectivity index (χ4n) is 4.94. The number of rotatable bonds is 5. The molecule has 5 rings (SSSR count). The molecule has 7 nitrogen and oxygen atoms in total. The summed E-state index contributed by atoms with van der Waals surface area (Å²) in [6.45, 7) is 3.53. The molecule has 1 N–H and O–H groups in total. The van der Waals surface area contributed by atoms with Crippen LogP contribution < -0.4 is 5.32 Å². The number of carbonyl (C=O) groups excluding carboxylic acids is 1. The molecule has 1 amide bonds. The molecule has 34 heavy (non-hydrogen) atoms. The van der Waals surface area contributed by atoms with Gasteiger partial charge in [0.15, 0.2) is 5.82 Å². The smallest absolute Gasteiger partial charge is 0.224 e. The van der Waals surface area contributed by atoms with Gasteiger partial charge >= 0.3 is 0 Å². The monoisotopic (exact) mass is 462 g/mol. The average molecular weight is 463 g/mol. The van der Waals surface area contributed by atoms with Crippen molar-refractivity contribution in [1.29, 1.82) is 0 Å². The lowest BCUT2D eigenvalue weighted by Crippen LogP contribution is -2.51. The molecule has 0 bridgehead atoms.